The lowest BCUT2D eigenvalue weighted by Gasteiger charge is -2.20. The highest BCUT2D eigenvalue weighted by Gasteiger charge is 2.10. The molecule has 0 aliphatic carbocycles. The molecule has 0 radical (unpaired) electrons. The second kappa shape index (κ2) is 9.97. The lowest BCUT2D eigenvalue weighted by Crippen LogP contribution is -2.18. The predicted molar refractivity (Wildman–Crippen MR) is 68.1 cm³/mol. The molecule has 1 heteroatoms. The summed E-state index contributed by atoms with van der Waals surface area (Å²) in [4.78, 5) is 0. The Morgan fingerprint density at radius 3 is 1.53 bits per heavy atom. The molecule has 0 aliphatic heterocycles. The van der Waals surface area contributed by atoms with E-state index in [4.69, 9.17) is 4.74 Å². The van der Waals surface area contributed by atoms with Gasteiger partial charge in [-0.25, -0.2) is 0 Å². The first-order valence-electron chi connectivity index (χ1n) is 6.19. The molecule has 0 N–H and O–H groups in total. The van der Waals surface area contributed by atoms with Gasteiger partial charge < -0.3 is 4.74 Å². The molecule has 0 spiro atoms. The summed E-state index contributed by atoms with van der Waals surface area (Å²) in [6, 6.07) is 0. The molecule has 0 amide bonds. The lowest BCUT2D eigenvalue weighted by atomic mass is 10.1. The zero-order chi connectivity index (χ0) is 11.5. The van der Waals surface area contributed by atoms with Crippen molar-refractivity contribution in [1.29, 1.82) is 0 Å². The summed E-state index contributed by atoms with van der Waals surface area (Å²) < 4.78 is 6.04. The molecular weight excluding hydrogens is 184 g/mol. The molecule has 2 atom stereocenters. The van der Waals surface area contributed by atoms with Gasteiger partial charge in [-0.05, 0) is 26.7 Å². The van der Waals surface area contributed by atoms with Crippen molar-refractivity contribution >= 4 is 0 Å². The largest absolute Gasteiger partial charge is 0.367 e. The van der Waals surface area contributed by atoms with Crippen LogP contribution >= 0.6 is 0 Å². The molecule has 0 saturated heterocycles. The maximum atomic E-state index is 6.04. The molecule has 15 heavy (non-hydrogen) atoms. The van der Waals surface area contributed by atoms with Crippen molar-refractivity contribution in [3.05, 3.63) is 24.3 Å². The Balaban J connectivity index is 4.18. The van der Waals surface area contributed by atoms with Crippen molar-refractivity contribution in [3.63, 3.8) is 0 Å². The first-order chi connectivity index (χ1) is 7.28. The van der Waals surface area contributed by atoms with Crippen molar-refractivity contribution in [1.82, 2.24) is 0 Å². The maximum absolute atomic E-state index is 6.04. The molecule has 0 aliphatic rings. The topological polar surface area (TPSA) is 9.23 Å². The average Bonchev–Trinajstić information content (AvgIpc) is 2.19. The second-order valence-corrected chi connectivity index (χ2v) is 3.84. The molecule has 2 unspecified atom stereocenters. The van der Waals surface area contributed by atoms with Crippen LogP contribution in [0.3, 0.4) is 0 Å². The number of allylic oxidation sites excluding steroid dienone is 2. The third-order valence-electron chi connectivity index (χ3n) is 2.31. The van der Waals surface area contributed by atoms with Gasteiger partial charge in [-0.3, -0.25) is 0 Å². The Morgan fingerprint density at radius 1 is 0.867 bits per heavy atom. The molecule has 0 saturated carbocycles. The Labute approximate surface area is 95.2 Å². The van der Waals surface area contributed by atoms with E-state index in [1.165, 1.54) is 12.8 Å². The molecule has 0 bridgehead atoms. The highest BCUT2D eigenvalue weighted by molar-refractivity contribution is 4.92. The highest BCUT2D eigenvalue weighted by Crippen LogP contribution is 2.12. The SMILES string of the molecule is CC=CC(CCC)OC(C=CC)CCC. The first kappa shape index (κ1) is 14.4. The molecule has 0 fully saturated rings. The van der Waals surface area contributed by atoms with Crippen LogP contribution in [0.2, 0.25) is 0 Å². The van der Waals surface area contributed by atoms with Gasteiger partial charge in [-0.2, -0.15) is 0 Å². The smallest absolute Gasteiger partial charge is 0.0763 e. The predicted octanol–water partition coefficient (Wildman–Crippen LogP) is 4.49. The van der Waals surface area contributed by atoms with E-state index in [1.54, 1.807) is 0 Å². The Hall–Kier alpha value is -0.560. The van der Waals surface area contributed by atoms with E-state index >= 15 is 0 Å². The summed E-state index contributed by atoms with van der Waals surface area (Å²) in [5, 5.41) is 0. The first-order valence-corrected chi connectivity index (χ1v) is 6.19. The number of hydrogen-bond acceptors (Lipinski definition) is 1. The summed E-state index contributed by atoms with van der Waals surface area (Å²) >= 11 is 0. The molecule has 0 rings (SSSR count). The highest BCUT2D eigenvalue weighted by atomic mass is 16.5. The van der Waals surface area contributed by atoms with E-state index in [0.29, 0.717) is 0 Å². The Morgan fingerprint density at radius 2 is 1.27 bits per heavy atom. The van der Waals surface area contributed by atoms with Crippen LogP contribution in [-0.2, 0) is 4.74 Å². The third-order valence-corrected chi connectivity index (χ3v) is 2.31. The van der Waals surface area contributed by atoms with Crippen molar-refractivity contribution in [2.24, 2.45) is 0 Å². The van der Waals surface area contributed by atoms with Gasteiger partial charge >= 0.3 is 0 Å². The van der Waals surface area contributed by atoms with Crippen LogP contribution in [-0.4, -0.2) is 12.2 Å². The van der Waals surface area contributed by atoms with Gasteiger partial charge in [-0.15, -0.1) is 0 Å². The molecular formula is C14H26O. The quantitative estimate of drug-likeness (QED) is 0.536. The van der Waals surface area contributed by atoms with E-state index in [-0.39, 0.29) is 12.2 Å². The van der Waals surface area contributed by atoms with Crippen LogP contribution in [0.1, 0.15) is 53.4 Å². The average molecular weight is 210 g/mol. The lowest BCUT2D eigenvalue weighted by molar-refractivity contribution is 0.0314. The van der Waals surface area contributed by atoms with E-state index in [1.807, 2.05) is 0 Å². The van der Waals surface area contributed by atoms with Crippen molar-refractivity contribution < 1.29 is 4.74 Å². The molecule has 0 aromatic rings. The molecule has 0 aromatic carbocycles. The maximum Gasteiger partial charge on any atom is 0.0763 e. The van der Waals surface area contributed by atoms with E-state index < -0.39 is 0 Å². The van der Waals surface area contributed by atoms with Gasteiger partial charge in [-0.1, -0.05) is 51.0 Å². The number of ether oxygens (including phenoxy) is 1. The fourth-order valence-electron chi connectivity index (χ4n) is 1.64. The number of hydrogen-bond donors (Lipinski definition) is 0. The van der Waals surface area contributed by atoms with Gasteiger partial charge in [0.2, 0.25) is 0 Å². The van der Waals surface area contributed by atoms with Crippen molar-refractivity contribution in [3.8, 4) is 0 Å². The summed E-state index contributed by atoms with van der Waals surface area (Å²) in [7, 11) is 0. The minimum atomic E-state index is 0.285. The van der Waals surface area contributed by atoms with Gasteiger partial charge in [0.05, 0.1) is 12.2 Å². The van der Waals surface area contributed by atoms with Gasteiger partial charge in [0.25, 0.3) is 0 Å². The third kappa shape index (κ3) is 7.38. The molecule has 0 aromatic heterocycles. The summed E-state index contributed by atoms with van der Waals surface area (Å²) in [5.74, 6) is 0. The van der Waals surface area contributed by atoms with Gasteiger partial charge in [0, 0.05) is 0 Å². The fourth-order valence-corrected chi connectivity index (χ4v) is 1.64. The van der Waals surface area contributed by atoms with E-state index in [2.05, 4.69) is 52.0 Å². The Kier molecular flexibility index (Phi) is 9.60. The summed E-state index contributed by atoms with van der Waals surface area (Å²) in [5.41, 5.74) is 0. The van der Waals surface area contributed by atoms with Crippen LogP contribution in [0.4, 0.5) is 0 Å². The molecule has 1 nitrogen and oxygen atoms in total. The summed E-state index contributed by atoms with van der Waals surface area (Å²) in [6.45, 7) is 8.50. The van der Waals surface area contributed by atoms with Crippen molar-refractivity contribution in [2.45, 2.75) is 65.6 Å². The standard InChI is InChI=1S/C14H26O/c1-5-9-13(10-6-2)15-14(11-7-3)12-8-4/h5,7,9,11,13-14H,6,8,10,12H2,1-4H3. The zero-order valence-electron chi connectivity index (χ0n) is 10.7. The summed E-state index contributed by atoms with van der Waals surface area (Å²) in [6.07, 6.45) is 13.6. The second-order valence-electron chi connectivity index (χ2n) is 3.84. The number of rotatable bonds is 8. The van der Waals surface area contributed by atoms with Crippen LogP contribution in [0.15, 0.2) is 24.3 Å². The van der Waals surface area contributed by atoms with E-state index in [9.17, 15) is 0 Å². The van der Waals surface area contributed by atoms with Gasteiger partial charge in [0.15, 0.2) is 0 Å². The normalized spacial score (nSPS) is 16.3. The van der Waals surface area contributed by atoms with Crippen LogP contribution < -0.4 is 0 Å². The van der Waals surface area contributed by atoms with Gasteiger partial charge in [0.1, 0.15) is 0 Å². The minimum absolute atomic E-state index is 0.285. The fraction of sp³-hybridized carbons (Fsp3) is 0.714. The van der Waals surface area contributed by atoms with E-state index in [0.717, 1.165) is 12.8 Å². The van der Waals surface area contributed by atoms with Crippen molar-refractivity contribution in [2.75, 3.05) is 0 Å². The molecule has 88 valence electrons. The van der Waals surface area contributed by atoms with Crippen LogP contribution in [0.25, 0.3) is 0 Å². The van der Waals surface area contributed by atoms with Crippen LogP contribution in [0.5, 0.6) is 0 Å². The zero-order valence-corrected chi connectivity index (χ0v) is 10.7. The molecule has 0 heterocycles. The monoisotopic (exact) mass is 210 g/mol. The van der Waals surface area contributed by atoms with Crippen LogP contribution in [0, 0.1) is 0 Å². The minimum Gasteiger partial charge on any atom is -0.367 e. The Bertz CT molecular complexity index is 162.